The van der Waals surface area contributed by atoms with Crippen LogP contribution in [-0.4, -0.2) is 118 Å². The predicted octanol–water partition coefficient (Wildman–Crippen LogP) is 7.35. The zero-order chi connectivity index (χ0) is 46.8. The minimum Gasteiger partial charge on any atom is -0.489 e. The number of sulfone groups is 1. The molecule has 0 radical (unpaired) electrons. The quantitative estimate of drug-likeness (QED) is 0.0925. The molecule has 5 aliphatic rings. The predicted molar refractivity (Wildman–Crippen MR) is 255 cm³/mol. The largest absolute Gasteiger partial charge is 0.489 e. The van der Waals surface area contributed by atoms with Crippen molar-refractivity contribution in [2.24, 2.45) is 11.1 Å². The molecule has 4 aliphatic heterocycles. The number of nitrogens with zero attached hydrogens (tertiary/aromatic N) is 5. The highest BCUT2D eigenvalue weighted by atomic mass is 35.5. The molecule has 6 heterocycles. The summed E-state index contributed by atoms with van der Waals surface area (Å²) in [6.07, 6.45) is 3.76. The average molecular weight is 954 g/mol. The Morgan fingerprint density at radius 1 is 1.03 bits per heavy atom. The van der Waals surface area contributed by atoms with Gasteiger partial charge in [0.05, 0.1) is 59.2 Å². The third-order valence-electron chi connectivity index (χ3n) is 13.5. The summed E-state index contributed by atoms with van der Waals surface area (Å²) < 4.78 is 55.4. The van der Waals surface area contributed by atoms with Crippen LogP contribution in [0, 0.1) is 15.5 Å². The number of hydrogen-bond donors (Lipinski definition) is 3. The molecule has 3 atom stereocenters. The molecule has 2 fully saturated rings. The molecule has 352 valence electrons. The summed E-state index contributed by atoms with van der Waals surface area (Å²) in [5, 5.41) is 17.5. The average Bonchev–Trinajstić information content (AvgIpc) is 3.78. The van der Waals surface area contributed by atoms with E-state index in [9.17, 15) is 14.9 Å². The molecule has 3 aromatic carbocycles. The number of halogens is 1. The van der Waals surface area contributed by atoms with Gasteiger partial charge in [-0.25, -0.2) is 8.42 Å². The molecule has 2 saturated heterocycles. The van der Waals surface area contributed by atoms with E-state index in [0.29, 0.717) is 61.4 Å². The number of nitrogens with one attached hydrogen (secondary N) is 2. The van der Waals surface area contributed by atoms with Crippen molar-refractivity contribution < 1.29 is 37.1 Å². The second kappa shape index (κ2) is 17.6. The Kier molecular flexibility index (Phi) is 11.8. The van der Waals surface area contributed by atoms with Gasteiger partial charge in [0.25, 0.3) is 11.6 Å². The van der Waals surface area contributed by atoms with Crippen LogP contribution >= 0.6 is 11.6 Å². The number of fused-ring (bicyclic) bond motifs is 3. The molecule has 4 N–H and O–H groups in total. The molecular formula is C48H53ClN8O9S. The highest BCUT2D eigenvalue weighted by Gasteiger charge is 2.41. The maximum Gasteiger partial charge on any atom is 0.297 e. The van der Waals surface area contributed by atoms with Gasteiger partial charge in [-0.15, -0.1) is 0 Å². The maximum absolute atomic E-state index is 15.8. The van der Waals surface area contributed by atoms with E-state index in [-0.39, 0.29) is 63.5 Å². The lowest BCUT2D eigenvalue weighted by Crippen LogP contribution is -2.48. The highest BCUT2D eigenvalue weighted by Crippen LogP contribution is 2.50. The van der Waals surface area contributed by atoms with Crippen LogP contribution in [0.2, 0.25) is 5.02 Å². The summed E-state index contributed by atoms with van der Waals surface area (Å²) >= 11 is 6.29. The van der Waals surface area contributed by atoms with Crippen LogP contribution < -0.4 is 30.3 Å². The van der Waals surface area contributed by atoms with Crippen molar-refractivity contribution in [1.82, 2.24) is 14.9 Å². The van der Waals surface area contributed by atoms with E-state index in [4.69, 9.17) is 41.3 Å². The van der Waals surface area contributed by atoms with Crippen molar-refractivity contribution in [1.29, 1.82) is 0 Å². The van der Waals surface area contributed by atoms with Crippen LogP contribution in [-0.2, 0) is 19.3 Å². The Bertz CT molecular complexity index is 2910. The number of aromatic nitrogens is 2. The van der Waals surface area contributed by atoms with Crippen molar-refractivity contribution in [2.75, 3.05) is 80.8 Å². The number of anilines is 4. The lowest BCUT2D eigenvalue weighted by atomic mass is 9.72. The Morgan fingerprint density at radius 3 is 2.55 bits per heavy atom. The van der Waals surface area contributed by atoms with E-state index in [1.54, 1.807) is 23.2 Å². The molecule has 0 spiro atoms. The number of rotatable bonds is 10. The van der Waals surface area contributed by atoms with Crippen LogP contribution in [0.3, 0.4) is 0 Å². The number of carbonyl (C=O) groups excluding carboxylic acids is 1. The standard InChI is InChI=1S/C48H53ClN8O9S/c1-28-24-56(39-20-30-11-13-51-46(30)53-47(39)66-28)43-34(45(50)58)8-9-37(55-16-14-54(15-17-55)25-31-10-12-48(2,3)23-35(31)29-4-6-32(49)7-5-29)44(43)67(61,62)33-21-38(57(59)60)42-40(22-33)65-26-36(52-42)41-27-63-18-19-64-41/h4-9,11,13,20-22,28,36,41,52H,10,12,14-19,23-27H2,1-3H3,(H2,50,58)(H,51,53)/t28-,36-,41+/m1/s1. The van der Waals surface area contributed by atoms with Gasteiger partial charge in [-0.05, 0) is 79.1 Å². The fourth-order valence-corrected chi connectivity index (χ4v) is 11.9. The molecule has 5 aromatic rings. The second-order valence-electron chi connectivity index (χ2n) is 18.8. The van der Waals surface area contributed by atoms with E-state index in [1.807, 2.05) is 36.1 Å². The van der Waals surface area contributed by atoms with E-state index < -0.39 is 44.6 Å². The number of nitro groups is 1. The molecule has 0 saturated carbocycles. The molecular weight excluding hydrogens is 900 g/mol. The first kappa shape index (κ1) is 44.9. The molecule has 0 bridgehead atoms. The molecule has 0 unspecified atom stereocenters. The number of piperazine rings is 1. The minimum atomic E-state index is -4.76. The lowest BCUT2D eigenvalue weighted by Gasteiger charge is -2.41. The SMILES string of the molecule is C[C@@H]1CN(c2c(C(N)=O)ccc(N3CCN(CC4=C(c5ccc(Cl)cc5)CC(C)(C)CC4)CC3)c2S(=O)(=O)c2cc3c(c([N+](=O)[O-])c2)N[C@@H]([C@@H]2COCCO2)CO3)c2cc3cc[nH]c3nc2O1. The van der Waals surface area contributed by atoms with Gasteiger partial charge in [-0.3, -0.25) is 19.8 Å². The Morgan fingerprint density at radius 2 is 1.82 bits per heavy atom. The van der Waals surface area contributed by atoms with Crippen LogP contribution in [0.15, 0.2) is 82.2 Å². The summed E-state index contributed by atoms with van der Waals surface area (Å²) in [7, 11) is -4.76. The van der Waals surface area contributed by atoms with Crippen LogP contribution in [0.5, 0.6) is 11.6 Å². The van der Waals surface area contributed by atoms with Crippen molar-refractivity contribution in [3.8, 4) is 11.6 Å². The number of hydrogen-bond acceptors (Lipinski definition) is 14. The topological polar surface area (TPSA) is 208 Å². The third kappa shape index (κ3) is 8.65. The van der Waals surface area contributed by atoms with Gasteiger partial charge < -0.3 is 44.8 Å². The van der Waals surface area contributed by atoms with Gasteiger partial charge in [0, 0.05) is 61.5 Å². The monoisotopic (exact) mass is 952 g/mol. The fraction of sp³-hybridized carbons (Fsp3) is 0.417. The van der Waals surface area contributed by atoms with E-state index in [2.05, 4.69) is 41.2 Å². The lowest BCUT2D eigenvalue weighted by molar-refractivity contribution is -0.384. The minimum absolute atomic E-state index is 0.00807. The number of aromatic amines is 1. The van der Waals surface area contributed by atoms with Crippen LogP contribution in [0.1, 0.15) is 56.0 Å². The van der Waals surface area contributed by atoms with Crippen molar-refractivity contribution in [3.05, 3.63) is 98.7 Å². The number of H-pyrrole nitrogens is 1. The number of allylic oxidation sites excluding steroid dienone is 1. The molecule has 1 amide bonds. The van der Waals surface area contributed by atoms with E-state index in [1.165, 1.54) is 22.8 Å². The summed E-state index contributed by atoms with van der Waals surface area (Å²) in [5.74, 6) is -0.634. The maximum atomic E-state index is 15.8. The Labute approximate surface area is 393 Å². The van der Waals surface area contributed by atoms with E-state index in [0.717, 1.165) is 37.3 Å². The van der Waals surface area contributed by atoms with Crippen LogP contribution in [0.4, 0.5) is 28.4 Å². The number of nitro benzene ring substituents is 1. The van der Waals surface area contributed by atoms with Gasteiger partial charge in [0.1, 0.15) is 35.0 Å². The third-order valence-corrected chi connectivity index (χ3v) is 15.6. The van der Waals surface area contributed by atoms with Crippen molar-refractivity contribution >= 4 is 72.4 Å². The summed E-state index contributed by atoms with van der Waals surface area (Å²) in [5.41, 5.74) is 11.0. The number of amides is 1. The first-order valence-corrected chi connectivity index (χ1v) is 24.5. The second-order valence-corrected chi connectivity index (χ2v) is 21.1. The first-order chi connectivity index (χ1) is 32.1. The van der Waals surface area contributed by atoms with Gasteiger partial charge >= 0.3 is 0 Å². The molecule has 67 heavy (non-hydrogen) atoms. The molecule has 19 heteroatoms. The van der Waals surface area contributed by atoms with E-state index >= 15 is 8.42 Å². The number of ether oxygens (including phenoxy) is 4. The van der Waals surface area contributed by atoms with Crippen molar-refractivity contribution in [3.63, 3.8) is 0 Å². The Hall–Kier alpha value is -5.92. The fourth-order valence-electron chi connectivity index (χ4n) is 10.0. The zero-order valence-corrected chi connectivity index (χ0v) is 39.1. The smallest absolute Gasteiger partial charge is 0.297 e. The summed E-state index contributed by atoms with van der Waals surface area (Å²) in [6, 6.07) is 16.8. The summed E-state index contributed by atoms with van der Waals surface area (Å²) in [4.78, 5) is 39.2. The number of nitrogens with two attached hydrogens (primary N) is 1. The number of primary amides is 1. The van der Waals surface area contributed by atoms with Gasteiger partial charge in [-0.1, -0.05) is 43.2 Å². The van der Waals surface area contributed by atoms with Gasteiger partial charge in [0.2, 0.25) is 15.7 Å². The van der Waals surface area contributed by atoms with Crippen molar-refractivity contribution in [2.45, 2.75) is 68.1 Å². The molecule has 1 aliphatic carbocycles. The molecule has 2 aromatic heterocycles. The highest BCUT2D eigenvalue weighted by molar-refractivity contribution is 7.91. The number of carbonyl (C=O) groups is 1. The first-order valence-electron chi connectivity index (χ1n) is 22.6. The molecule has 10 rings (SSSR count). The number of benzene rings is 3. The van der Waals surface area contributed by atoms with Gasteiger partial charge in [0.15, 0.2) is 11.4 Å². The van der Waals surface area contributed by atoms with Gasteiger partial charge in [-0.2, -0.15) is 4.98 Å². The summed E-state index contributed by atoms with van der Waals surface area (Å²) in [6.45, 7) is 10.5. The van der Waals surface area contributed by atoms with Crippen LogP contribution in [0.25, 0.3) is 16.6 Å². The molecule has 17 nitrogen and oxygen atoms in total. The normalized spacial score (nSPS) is 22.1. The number of pyridine rings is 1. The zero-order valence-electron chi connectivity index (χ0n) is 37.5. The Balaban J connectivity index is 1.07.